The molecule has 1 aliphatic heterocycles. The standard InChI is InChI=1S/C24H18F3NO2/c1-30-22-12-18(27)9-10-19(22)20-13-21(14-5-7-16(25)8-6-14)28-23(20)24(29)15-3-2-4-17(26)11-15/h2-12,20,23H,13H2,1H3. The molecule has 2 atom stereocenters. The van der Waals surface area contributed by atoms with Crippen LogP contribution < -0.4 is 4.74 Å². The maximum atomic E-state index is 13.7. The number of carbonyl (C=O) groups excluding carboxylic acids is 1. The van der Waals surface area contributed by atoms with Gasteiger partial charge in [-0.1, -0.05) is 30.3 Å². The molecule has 3 aromatic rings. The number of carbonyl (C=O) groups is 1. The van der Waals surface area contributed by atoms with Gasteiger partial charge in [-0.3, -0.25) is 9.79 Å². The van der Waals surface area contributed by atoms with Crippen molar-refractivity contribution >= 4 is 11.5 Å². The molecular weight excluding hydrogens is 391 g/mol. The molecule has 0 aromatic heterocycles. The highest BCUT2D eigenvalue weighted by atomic mass is 19.1. The van der Waals surface area contributed by atoms with Gasteiger partial charge in [-0.15, -0.1) is 0 Å². The van der Waals surface area contributed by atoms with Crippen molar-refractivity contribution in [1.82, 2.24) is 0 Å². The van der Waals surface area contributed by atoms with E-state index in [0.717, 1.165) is 0 Å². The summed E-state index contributed by atoms with van der Waals surface area (Å²) in [5.41, 5.74) is 2.16. The molecule has 2 unspecified atom stereocenters. The van der Waals surface area contributed by atoms with E-state index < -0.39 is 23.6 Å². The van der Waals surface area contributed by atoms with Gasteiger partial charge in [0, 0.05) is 28.8 Å². The number of benzene rings is 3. The van der Waals surface area contributed by atoms with Crippen LogP contribution in [0.2, 0.25) is 0 Å². The highest BCUT2D eigenvalue weighted by Crippen LogP contribution is 2.39. The third-order valence-electron chi connectivity index (χ3n) is 5.24. The molecule has 3 nitrogen and oxygen atoms in total. The zero-order chi connectivity index (χ0) is 21.3. The maximum absolute atomic E-state index is 13.7. The lowest BCUT2D eigenvalue weighted by atomic mass is 9.85. The van der Waals surface area contributed by atoms with Crippen LogP contribution in [0.3, 0.4) is 0 Å². The molecule has 1 aliphatic rings. The average molecular weight is 409 g/mol. The molecule has 0 radical (unpaired) electrons. The van der Waals surface area contributed by atoms with Gasteiger partial charge in [-0.05, 0) is 42.3 Å². The first-order valence-corrected chi connectivity index (χ1v) is 9.42. The fourth-order valence-corrected chi connectivity index (χ4v) is 3.79. The third kappa shape index (κ3) is 3.85. The fraction of sp³-hybridized carbons (Fsp3) is 0.167. The van der Waals surface area contributed by atoms with E-state index in [1.807, 2.05) is 0 Å². The summed E-state index contributed by atoms with van der Waals surface area (Å²) in [6, 6.07) is 14.6. The number of aliphatic imine (C=N–C) groups is 1. The Morgan fingerprint density at radius 1 is 0.933 bits per heavy atom. The average Bonchev–Trinajstić information content (AvgIpc) is 3.18. The summed E-state index contributed by atoms with van der Waals surface area (Å²) in [5.74, 6) is -1.81. The Balaban J connectivity index is 1.78. The molecule has 0 spiro atoms. The minimum atomic E-state index is -0.841. The second-order valence-corrected chi connectivity index (χ2v) is 7.10. The molecule has 0 N–H and O–H groups in total. The van der Waals surface area contributed by atoms with Gasteiger partial charge in [0.05, 0.1) is 7.11 Å². The molecule has 0 amide bonds. The van der Waals surface area contributed by atoms with Gasteiger partial charge in [0.15, 0.2) is 5.78 Å². The van der Waals surface area contributed by atoms with Gasteiger partial charge in [-0.25, -0.2) is 13.2 Å². The number of methoxy groups -OCH3 is 1. The first-order chi connectivity index (χ1) is 14.5. The monoisotopic (exact) mass is 409 g/mol. The number of nitrogens with zero attached hydrogens (tertiary/aromatic N) is 1. The van der Waals surface area contributed by atoms with Crippen molar-refractivity contribution in [1.29, 1.82) is 0 Å². The van der Waals surface area contributed by atoms with Crippen molar-refractivity contribution in [3.63, 3.8) is 0 Å². The zero-order valence-corrected chi connectivity index (χ0v) is 16.1. The second kappa shape index (κ2) is 8.14. The number of ether oxygens (including phenoxy) is 1. The van der Waals surface area contributed by atoms with Crippen molar-refractivity contribution in [2.24, 2.45) is 4.99 Å². The Kier molecular flexibility index (Phi) is 5.40. The van der Waals surface area contributed by atoms with Gasteiger partial charge >= 0.3 is 0 Å². The van der Waals surface area contributed by atoms with E-state index in [1.165, 1.54) is 55.6 Å². The van der Waals surface area contributed by atoms with E-state index >= 15 is 0 Å². The largest absolute Gasteiger partial charge is 0.496 e. The molecule has 0 saturated heterocycles. The number of hydrogen-bond acceptors (Lipinski definition) is 3. The Bertz CT molecular complexity index is 1130. The van der Waals surface area contributed by atoms with Crippen molar-refractivity contribution in [3.05, 3.63) is 101 Å². The molecule has 6 heteroatoms. The molecule has 4 rings (SSSR count). The van der Waals surface area contributed by atoms with Crippen LogP contribution in [0.1, 0.15) is 33.8 Å². The Morgan fingerprint density at radius 3 is 2.33 bits per heavy atom. The van der Waals surface area contributed by atoms with Crippen LogP contribution in [0.5, 0.6) is 5.75 Å². The van der Waals surface area contributed by atoms with Crippen LogP contribution in [-0.2, 0) is 0 Å². The van der Waals surface area contributed by atoms with E-state index in [9.17, 15) is 18.0 Å². The predicted octanol–water partition coefficient (Wildman–Crippen LogP) is 5.34. The number of rotatable bonds is 5. The smallest absolute Gasteiger partial charge is 0.188 e. The van der Waals surface area contributed by atoms with Crippen LogP contribution in [0.4, 0.5) is 13.2 Å². The van der Waals surface area contributed by atoms with Crippen LogP contribution in [-0.4, -0.2) is 24.6 Å². The SMILES string of the molecule is COc1cc(F)ccc1C1CC(c2ccc(F)cc2)=NC1C(=O)c1cccc(F)c1. The molecule has 1 heterocycles. The van der Waals surface area contributed by atoms with Gasteiger partial charge < -0.3 is 4.74 Å². The normalized spacial score (nSPS) is 18.2. The Hall–Kier alpha value is -3.41. The van der Waals surface area contributed by atoms with E-state index in [0.29, 0.717) is 29.0 Å². The minimum absolute atomic E-state index is 0.204. The number of hydrogen-bond donors (Lipinski definition) is 0. The van der Waals surface area contributed by atoms with Gasteiger partial charge in [0.1, 0.15) is 29.2 Å². The fourth-order valence-electron chi connectivity index (χ4n) is 3.79. The molecule has 152 valence electrons. The van der Waals surface area contributed by atoms with E-state index in [4.69, 9.17) is 4.74 Å². The Labute approximate surface area is 171 Å². The summed E-state index contributed by atoms with van der Waals surface area (Å²) < 4.78 is 46.1. The minimum Gasteiger partial charge on any atom is -0.496 e. The third-order valence-corrected chi connectivity index (χ3v) is 5.24. The number of ketones is 1. The topological polar surface area (TPSA) is 38.7 Å². The lowest BCUT2D eigenvalue weighted by Crippen LogP contribution is -2.24. The first kappa shape index (κ1) is 19.9. The number of halogens is 3. The van der Waals surface area contributed by atoms with Crippen molar-refractivity contribution in [2.45, 2.75) is 18.4 Å². The van der Waals surface area contributed by atoms with Gasteiger partial charge in [0.25, 0.3) is 0 Å². The summed E-state index contributed by atoms with van der Waals surface area (Å²) in [4.78, 5) is 17.9. The van der Waals surface area contributed by atoms with Crippen molar-refractivity contribution in [2.75, 3.05) is 7.11 Å². The molecule has 3 aromatic carbocycles. The van der Waals surface area contributed by atoms with Crippen molar-refractivity contribution in [3.8, 4) is 5.75 Å². The van der Waals surface area contributed by atoms with E-state index in [1.54, 1.807) is 18.2 Å². The first-order valence-electron chi connectivity index (χ1n) is 9.42. The second-order valence-electron chi connectivity index (χ2n) is 7.10. The molecule has 0 saturated carbocycles. The van der Waals surface area contributed by atoms with Crippen LogP contribution in [0.25, 0.3) is 0 Å². The Morgan fingerprint density at radius 2 is 1.63 bits per heavy atom. The van der Waals surface area contributed by atoms with Crippen LogP contribution in [0, 0.1) is 17.5 Å². The summed E-state index contributed by atoms with van der Waals surface area (Å²) in [5, 5.41) is 0. The highest BCUT2D eigenvalue weighted by molar-refractivity contribution is 6.09. The molecule has 0 bridgehead atoms. The van der Waals surface area contributed by atoms with Crippen molar-refractivity contribution < 1.29 is 22.7 Å². The molecule has 0 aliphatic carbocycles. The molecule has 0 fully saturated rings. The summed E-state index contributed by atoms with van der Waals surface area (Å²) in [6.07, 6.45) is 0.374. The zero-order valence-electron chi connectivity index (χ0n) is 16.1. The van der Waals surface area contributed by atoms with Crippen LogP contribution in [0.15, 0.2) is 71.7 Å². The predicted molar refractivity (Wildman–Crippen MR) is 108 cm³/mol. The van der Waals surface area contributed by atoms with E-state index in [2.05, 4.69) is 4.99 Å². The molecular formula is C24H18F3NO2. The van der Waals surface area contributed by atoms with Gasteiger partial charge in [-0.2, -0.15) is 0 Å². The van der Waals surface area contributed by atoms with Crippen LogP contribution >= 0.6 is 0 Å². The highest BCUT2D eigenvalue weighted by Gasteiger charge is 2.38. The quantitative estimate of drug-likeness (QED) is 0.534. The number of Topliss-reactive ketones (excluding diaryl/α,β-unsaturated/α-hetero) is 1. The summed E-state index contributed by atoms with van der Waals surface area (Å²) in [6.45, 7) is 0. The maximum Gasteiger partial charge on any atom is 0.188 e. The summed E-state index contributed by atoms with van der Waals surface area (Å²) in [7, 11) is 1.43. The summed E-state index contributed by atoms with van der Waals surface area (Å²) >= 11 is 0. The lowest BCUT2D eigenvalue weighted by Gasteiger charge is -2.20. The lowest BCUT2D eigenvalue weighted by molar-refractivity contribution is 0.0954. The molecule has 30 heavy (non-hydrogen) atoms. The van der Waals surface area contributed by atoms with Gasteiger partial charge in [0.2, 0.25) is 0 Å². The van der Waals surface area contributed by atoms with E-state index in [-0.39, 0.29) is 17.2 Å².